The third-order valence-corrected chi connectivity index (χ3v) is 5.93. The van der Waals surface area contributed by atoms with Crippen molar-refractivity contribution in [3.05, 3.63) is 28.5 Å². The molecule has 7 nitrogen and oxygen atoms in total. The van der Waals surface area contributed by atoms with Gasteiger partial charge < -0.3 is 19.7 Å². The Labute approximate surface area is 173 Å². The molecule has 2 aliphatic heterocycles. The maximum absolute atomic E-state index is 12.6. The van der Waals surface area contributed by atoms with Gasteiger partial charge in [-0.3, -0.25) is 4.79 Å². The van der Waals surface area contributed by atoms with Crippen LogP contribution in [0.1, 0.15) is 19.3 Å². The SMILES string of the molecule is O=C(COc1ncnc2cc(Cl)c(Cl)cc12)N1CC[C@@H](NC2CCOCC2)C1. The van der Waals surface area contributed by atoms with E-state index in [1.807, 2.05) is 4.90 Å². The van der Waals surface area contributed by atoms with Gasteiger partial charge >= 0.3 is 0 Å². The molecule has 1 amide bonds. The number of aromatic nitrogens is 2. The highest BCUT2D eigenvalue weighted by Gasteiger charge is 2.28. The van der Waals surface area contributed by atoms with Gasteiger partial charge in [0.25, 0.3) is 5.91 Å². The molecule has 0 bridgehead atoms. The Morgan fingerprint density at radius 2 is 1.96 bits per heavy atom. The van der Waals surface area contributed by atoms with Gasteiger partial charge in [-0.05, 0) is 31.4 Å². The lowest BCUT2D eigenvalue weighted by Crippen LogP contribution is -2.44. The molecule has 2 aliphatic rings. The van der Waals surface area contributed by atoms with Gasteiger partial charge in [0.05, 0.1) is 20.9 Å². The van der Waals surface area contributed by atoms with Gasteiger partial charge in [-0.15, -0.1) is 0 Å². The van der Waals surface area contributed by atoms with Gasteiger partial charge in [0.15, 0.2) is 6.61 Å². The second kappa shape index (κ2) is 8.78. The summed E-state index contributed by atoms with van der Waals surface area (Å²) in [5.74, 6) is 0.274. The number of likely N-dealkylation sites (tertiary alicyclic amines) is 1. The number of hydrogen-bond donors (Lipinski definition) is 1. The minimum absolute atomic E-state index is 0.0527. The first kappa shape index (κ1) is 19.6. The highest BCUT2D eigenvalue weighted by Crippen LogP contribution is 2.30. The number of ether oxygens (including phenoxy) is 2. The number of rotatable bonds is 5. The molecule has 0 radical (unpaired) electrons. The fourth-order valence-electron chi connectivity index (χ4n) is 3.68. The summed E-state index contributed by atoms with van der Waals surface area (Å²) in [5, 5.41) is 5.08. The van der Waals surface area contributed by atoms with Crippen LogP contribution in [0.5, 0.6) is 5.88 Å². The van der Waals surface area contributed by atoms with Crippen molar-refractivity contribution in [3.8, 4) is 5.88 Å². The van der Waals surface area contributed by atoms with E-state index in [4.69, 9.17) is 32.7 Å². The molecule has 1 aromatic heterocycles. The zero-order valence-electron chi connectivity index (χ0n) is 15.4. The molecule has 9 heteroatoms. The number of fused-ring (bicyclic) bond motifs is 1. The minimum Gasteiger partial charge on any atom is -0.467 e. The predicted octanol–water partition coefficient (Wildman–Crippen LogP) is 2.68. The summed E-state index contributed by atoms with van der Waals surface area (Å²) in [7, 11) is 0. The molecule has 2 fully saturated rings. The summed E-state index contributed by atoms with van der Waals surface area (Å²) in [6, 6.07) is 4.12. The number of amides is 1. The van der Waals surface area contributed by atoms with Crippen LogP contribution in [-0.2, 0) is 9.53 Å². The number of halogens is 2. The van der Waals surface area contributed by atoms with Crippen LogP contribution in [-0.4, -0.2) is 65.8 Å². The summed E-state index contributed by atoms with van der Waals surface area (Å²) in [4.78, 5) is 22.7. The Kier molecular flexibility index (Phi) is 6.16. The Morgan fingerprint density at radius 3 is 2.79 bits per heavy atom. The smallest absolute Gasteiger partial charge is 0.260 e. The highest BCUT2D eigenvalue weighted by atomic mass is 35.5. The predicted molar refractivity (Wildman–Crippen MR) is 107 cm³/mol. The van der Waals surface area contributed by atoms with E-state index in [1.165, 1.54) is 6.33 Å². The second-order valence-electron chi connectivity index (χ2n) is 7.13. The van der Waals surface area contributed by atoms with E-state index in [1.54, 1.807) is 12.1 Å². The summed E-state index contributed by atoms with van der Waals surface area (Å²) in [6.45, 7) is 2.98. The number of nitrogens with one attached hydrogen (secondary N) is 1. The monoisotopic (exact) mass is 424 g/mol. The van der Waals surface area contributed by atoms with E-state index < -0.39 is 0 Å². The normalized spacial score (nSPS) is 20.6. The summed E-state index contributed by atoms with van der Waals surface area (Å²) >= 11 is 12.1. The molecular formula is C19H22Cl2N4O3. The quantitative estimate of drug-likeness (QED) is 0.794. The van der Waals surface area contributed by atoms with E-state index in [9.17, 15) is 4.79 Å². The topological polar surface area (TPSA) is 76.6 Å². The molecule has 1 N–H and O–H groups in total. The number of nitrogens with zero attached hydrogens (tertiary/aromatic N) is 3. The number of carbonyl (C=O) groups excluding carboxylic acids is 1. The molecule has 0 spiro atoms. The lowest BCUT2D eigenvalue weighted by Gasteiger charge is -2.26. The summed E-state index contributed by atoms with van der Waals surface area (Å²) < 4.78 is 11.1. The van der Waals surface area contributed by atoms with Crippen molar-refractivity contribution in [1.82, 2.24) is 20.2 Å². The molecule has 3 heterocycles. The molecule has 28 heavy (non-hydrogen) atoms. The van der Waals surface area contributed by atoms with Gasteiger partial charge in [-0.1, -0.05) is 23.2 Å². The van der Waals surface area contributed by atoms with Gasteiger partial charge in [-0.25, -0.2) is 9.97 Å². The van der Waals surface area contributed by atoms with E-state index in [2.05, 4.69) is 15.3 Å². The van der Waals surface area contributed by atoms with Crippen molar-refractivity contribution in [1.29, 1.82) is 0 Å². The first-order valence-electron chi connectivity index (χ1n) is 9.44. The minimum atomic E-state index is -0.0731. The Morgan fingerprint density at radius 1 is 1.18 bits per heavy atom. The molecule has 2 saturated heterocycles. The fraction of sp³-hybridized carbons (Fsp3) is 0.526. The van der Waals surface area contributed by atoms with E-state index in [0.29, 0.717) is 45.5 Å². The largest absolute Gasteiger partial charge is 0.467 e. The summed E-state index contributed by atoms with van der Waals surface area (Å²) in [6.07, 6.45) is 4.39. The van der Waals surface area contributed by atoms with Gasteiger partial charge in [0.2, 0.25) is 5.88 Å². The second-order valence-corrected chi connectivity index (χ2v) is 7.94. The van der Waals surface area contributed by atoms with Gasteiger partial charge in [0, 0.05) is 38.4 Å². The van der Waals surface area contributed by atoms with Crippen LogP contribution in [0.4, 0.5) is 0 Å². The molecule has 0 unspecified atom stereocenters. The molecule has 0 saturated carbocycles. The van der Waals surface area contributed by atoms with Crippen LogP contribution in [0.3, 0.4) is 0 Å². The number of carbonyl (C=O) groups is 1. The molecule has 2 aromatic rings. The van der Waals surface area contributed by atoms with Crippen LogP contribution < -0.4 is 10.1 Å². The van der Waals surface area contributed by atoms with Crippen molar-refractivity contribution in [2.45, 2.75) is 31.3 Å². The molecular weight excluding hydrogens is 403 g/mol. The average Bonchev–Trinajstić information content (AvgIpc) is 3.16. The summed E-state index contributed by atoms with van der Waals surface area (Å²) in [5.41, 5.74) is 0.619. The lowest BCUT2D eigenvalue weighted by molar-refractivity contribution is -0.132. The maximum atomic E-state index is 12.6. The number of hydrogen-bond acceptors (Lipinski definition) is 6. The van der Waals surface area contributed by atoms with Gasteiger partial charge in [0.1, 0.15) is 6.33 Å². The van der Waals surface area contributed by atoms with E-state index in [-0.39, 0.29) is 12.5 Å². The van der Waals surface area contributed by atoms with Gasteiger partial charge in [-0.2, -0.15) is 0 Å². The van der Waals surface area contributed by atoms with Crippen LogP contribution in [0, 0.1) is 0 Å². The number of benzene rings is 1. The Balaban J connectivity index is 1.33. The van der Waals surface area contributed by atoms with Crippen LogP contribution in [0.25, 0.3) is 10.9 Å². The molecule has 0 aliphatic carbocycles. The zero-order valence-corrected chi connectivity index (χ0v) is 16.9. The Bertz CT molecular complexity index is 860. The van der Waals surface area contributed by atoms with Crippen molar-refractivity contribution >= 4 is 40.0 Å². The lowest BCUT2D eigenvalue weighted by atomic mass is 10.1. The third kappa shape index (κ3) is 4.49. The van der Waals surface area contributed by atoms with E-state index in [0.717, 1.165) is 39.0 Å². The van der Waals surface area contributed by atoms with Crippen LogP contribution >= 0.6 is 23.2 Å². The van der Waals surface area contributed by atoms with Crippen molar-refractivity contribution in [3.63, 3.8) is 0 Å². The average molecular weight is 425 g/mol. The highest BCUT2D eigenvalue weighted by molar-refractivity contribution is 6.42. The van der Waals surface area contributed by atoms with Crippen LogP contribution in [0.15, 0.2) is 18.5 Å². The standard InChI is InChI=1S/C19H22Cl2N4O3/c20-15-7-14-17(8-16(15)21)22-11-23-19(14)28-10-18(26)25-4-1-13(9-25)24-12-2-5-27-6-3-12/h7-8,11-13,24H,1-6,9-10H2/t13-/m1/s1. The maximum Gasteiger partial charge on any atom is 0.260 e. The fourth-order valence-corrected chi connectivity index (χ4v) is 4.01. The van der Waals surface area contributed by atoms with E-state index >= 15 is 0 Å². The Hall–Kier alpha value is -1.67. The molecule has 1 aromatic carbocycles. The van der Waals surface area contributed by atoms with Crippen molar-refractivity contribution in [2.24, 2.45) is 0 Å². The molecule has 150 valence electrons. The first-order chi connectivity index (χ1) is 13.6. The van der Waals surface area contributed by atoms with Crippen molar-refractivity contribution < 1.29 is 14.3 Å². The van der Waals surface area contributed by atoms with Crippen LogP contribution in [0.2, 0.25) is 10.0 Å². The first-order valence-corrected chi connectivity index (χ1v) is 10.2. The third-order valence-electron chi connectivity index (χ3n) is 5.21. The zero-order chi connectivity index (χ0) is 19.5. The van der Waals surface area contributed by atoms with Crippen molar-refractivity contribution in [2.75, 3.05) is 32.9 Å². The molecule has 1 atom stereocenters. The molecule has 4 rings (SSSR count).